The standard InChI is InChI=1S/C18H21N3O2S2/c1-3-4-5-8-19-15(22)9-21-11-20-17-16(18(21)23)13(10-24-17)14-7-6-12(2)25-14/h6-7,10-11H,3-5,8-9H2,1-2H3,(H,19,22). The highest BCUT2D eigenvalue weighted by Gasteiger charge is 2.15. The molecule has 3 aromatic rings. The predicted molar refractivity (Wildman–Crippen MR) is 104 cm³/mol. The summed E-state index contributed by atoms with van der Waals surface area (Å²) in [6, 6.07) is 4.07. The normalized spacial score (nSPS) is 11.1. The Morgan fingerprint density at radius 1 is 1.32 bits per heavy atom. The summed E-state index contributed by atoms with van der Waals surface area (Å²) in [6.45, 7) is 4.82. The Labute approximate surface area is 154 Å². The van der Waals surface area contributed by atoms with E-state index >= 15 is 0 Å². The second-order valence-electron chi connectivity index (χ2n) is 5.97. The first kappa shape index (κ1) is 17.8. The lowest BCUT2D eigenvalue weighted by atomic mass is 10.2. The highest BCUT2D eigenvalue weighted by molar-refractivity contribution is 7.19. The smallest absolute Gasteiger partial charge is 0.263 e. The average molecular weight is 376 g/mol. The fourth-order valence-corrected chi connectivity index (χ4v) is 4.52. The number of nitrogens with one attached hydrogen (secondary N) is 1. The zero-order valence-electron chi connectivity index (χ0n) is 14.4. The zero-order chi connectivity index (χ0) is 17.8. The third kappa shape index (κ3) is 3.99. The van der Waals surface area contributed by atoms with Gasteiger partial charge in [-0.15, -0.1) is 22.7 Å². The van der Waals surface area contributed by atoms with Crippen molar-refractivity contribution in [3.05, 3.63) is 39.1 Å². The Hall–Kier alpha value is -1.99. The maximum atomic E-state index is 12.9. The lowest BCUT2D eigenvalue weighted by Gasteiger charge is -2.07. The molecule has 0 atom stereocenters. The predicted octanol–water partition coefficient (Wildman–Crippen LogP) is 3.80. The van der Waals surface area contributed by atoms with Gasteiger partial charge >= 0.3 is 0 Å². The molecule has 5 nitrogen and oxygen atoms in total. The number of rotatable bonds is 7. The van der Waals surface area contributed by atoms with Crippen molar-refractivity contribution in [1.29, 1.82) is 0 Å². The molecule has 0 radical (unpaired) electrons. The second kappa shape index (κ2) is 7.93. The molecule has 3 heterocycles. The first-order valence-electron chi connectivity index (χ1n) is 8.40. The van der Waals surface area contributed by atoms with E-state index < -0.39 is 0 Å². The summed E-state index contributed by atoms with van der Waals surface area (Å²) in [5.41, 5.74) is 0.754. The van der Waals surface area contributed by atoms with Crippen LogP contribution in [0.1, 0.15) is 31.1 Å². The number of thiophene rings is 2. The zero-order valence-corrected chi connectivity index (χ0v) is 16.0. The van der Waals surface area contributed by atoms with Crippen LogP contribution < -0.4 is 10.9 Å². The van der Waals surface area contributed by atoms with Gasteiger partial charge in [0.05, 0.1) is 11.7 Å². The number of nitrogens with zero attached hydrogens (tertiary/aromatic N) is 2. The number of hydrogen-bond donors (Lipinski definition) is 1. The molecule has 0 unspecified atom stereocenters. The van der Waals surface area contributed by atoms with Gasteiger partial charge in [0, 0.05) is 27.2 Å². The van der Waals surface area contributed by atoms with E-state index in [1.54, 1.807) is 11.3 Å². The van der Waals surface area contributed by atoms with E-state index in [0.29, 0.717) is 16.8 Å². The summed E-state index contributed by atoms with van der Waals surface area (Å²) >= 11 is 3.12. The van der Waals surface area contributed by atoms with Crippen molar-refractivity contribution in [2.24, 2.45) is 0 Å². The molecule has 1 amide bonds. The van der Waals surface area contributed by atoms with Gasteiger partial charge in [0.25, 0.3) is 5.56 Å². The molecule has 3 rings (SSSR count). The molecule has 0 saturated carbocycles. The summed E-state index contributed by atoms with van der Waals surface area (Å²) in [6.07, 6.45) is 4.63. The number of aromatic nitrogens is 2. The molecule has 0 aliphatic heterocycles. The Bertz CT molecular complexity index is 939. The summed E-state index contributed by atoms with van der Waals surface area (Å²) in [4.78, 5) is 32.3. The number of unbranched alkanes of at least 4 members (excludes halogenated alkanes) is 2. The van der Waals surface area contributed by atoms with Crippen LogP contribution in [0.25, 0.3) is 20.7 Å². The molecular weight excluding hydrogens is 354 g/mol. The number of fused-ring (bicyclic) bond motifs is 1. The average Bonchev–Trinajstić information content (AvgIpc) is 3.20. The molecular formula is C18H21N3O2S2. The van der Waals surface area contributed by atoms with Crippen LogP contribution in [0.2, 0.25) is 0 Å². The molecule has 0 aliphatic carbocycles. The van der Waals surface area contributed by atoms with Crippen molar-refractivity contribution in [1.82, 2.24) is 14.9 Å². The van der Waals surface area contributed by atoms with Crippen LogP contribution in [0.3, 0.4) is 0 Å². The first-order valence-corrected chi connectivity index (χ1v) is 10.1. The second-order valence-corrected chi connectivity index (χ2v) is 8.12. The summed E-state index contributed by atoms with van der Waals surface area (Å²) < 4.78 is 1.40. The van der Waals surface area contributed by atoms with E-state index in [9.17, 15) is 9.59 Å². The van der Waals surface area contributed by atoms with E-state index in [0.717, 1.165) is 29.7 Å². The van der Waals surface area contributed by atoms with Crippen LogP contribution in [-0.2, 0) is 11.3 Å². The molecule has 132 valence electrons. The van der Waals surface area contributed by atoms with Crippen molar-refractivity contribution in [2.45, 2.75) is 39.7 Å². The summed E-state index contributed by atoms with van der Waals surface area (Å²) in [5, 5.41) is 5.44. The number of aryl methyl sites for hydroxylation is 1. The van der Waals surface area contributed by atoms with E-state index in [2.05, 4.69) is 17.2 Å². The van der Waals surface area contributed by atoms with Gasteiger partial charge in [0.1, 0.15) is 11.4 Å². The lowest BCUT2D eigenvalue weighted by molar-refractivity contribution is -0.121. The van der Waals surface area contributed by atoms with Crippen molar-refractivity contribution in [2.75, 3.05) is 6.54 Å². The Balaban J connectivity index is 1.84. The third-order valence-electron chi connectivity index (χ3n) is 3.98. The van der Waals surface area contributed by atoms with Crippen molar-refractivity contribution >= 4 is 38.8 Å². The molecule has 1 N–H and O–H groups in total. The lowest BCUT2D eigenvalue weighted by Crippen LogP contribution is -2.32. The molecule has 0 saturated heterocycles. The van der Waals surface area contributed by atoms with Crippen molar-refractivity contribution in [3.8, 4) is 10.4 Å². The fourth-order valence-electron chi connectivity index (χ4n) is 2.65. The minimum absolute atomic E-state index is 0.00660. The minimum Gasteiger partial charge on any atom is -0.355 e. The van der Waals surface area contributed by atoms with Gasteiger partial charge < -0.3 is 5.32 Å². The van der Waals surface area contributed by atoms with Gasteiger partial charge in [-0.2, -0.15) is 0 Å². The maximum absolute atomic E-state index is 12.9. The third-order valence-corrected chi connectivity index (χ3v) is 5.90. The van der Waals surface area contributed by atoms with E-state index in [4.69, 9.17) is 0 Å². The van der Waals surface area contributed by atoms with Crippen LogP contribution in [-0.4, -0.2) is 22.0 Å². The molecule has 7 heteroatoms. The van der Waals surface area contributed by atoms with Gasteiger partial charge in [-0.25, -0.2) is 4.98 Å². The van der Waals surface area contributed by atoms with Gasteiger partial charge in [-0.05, 0) is 25.5 Å². The molecule has 3 aromatic heterocycles. The molecule has 0 bridgehead atoms. The molecule has 25 heavy (non-hydrogen) atoms. The Morgan fingerprint density at radius 2 is 2.16 bits per heavy atom. The molecule has 0 aliphatic rings. The highest BCUT2D eigenvalue weighted by atomic mass is 32.1. The number of amides is 1. The van der Waals surface area contributed by atoms with Crippen LogP contribution in [0.5, 0.6) is 0 Å². The highest BCUT2D eigenvalue weighted by Crippen LogP contribution is 2.34. The maximum Gasteiger partial charge on any atom is 0.263 e. The SMILES string of the molecule is CCCCCNC(=O)Cn1cnc2scc(-c3ccc(C)s3)c2c1=O. The number of carbonyl (C=O) groups excluding carboxylic acids is 1. The van der Waals surface area contributed by atoms with Crippen LogP contribution in [0.15, 0.2) is 28.6 Å². The van der Waals surface area contributed by atoms with Gasteiger partial charge in [-0.3, -0.25) is 14.2 Å². The number of hydrogen-bond acceptors (Lipinski definition) is 5. The van der Waals surface area contributed by atoms with E-state index in [1.807, 2.05) is 24.4 Å². The minimum atomic E-state index is -0.156. The fraction of sp³-hybridized carbons (Fsp3) is 0.389. The van der Waals surface area contributed by atoms with Gasteiger partial charge in [-0.1, -0.05) is 19.8 Å². The van der Waals surface area contributed by atoms with Gasteiger partial charge in [0.15, 0.2) is 0 Å². The van der Waals surface area contributed by atoms with Crippen LogP contribution in [0.4, 0.5) is 0 Å². The van der Waals surface area contributed by atoms with E-state index in [1.165, 1.54) is 27.1 Å². The molecule has 0 spiro atoms. The monoisotopic (exact) mass is 375 g/mol. The number of carbonyl (C=O) groups is 1. The Kier molecular flexibility index (Phi) is 5.65. The topological polar surface area (TPSA) is 64.0 Å². The van der Waals surface area contributed by atoms with Crippen molar-refractivity contribution in [3.63, 3.8) is 0 Å². The first-order chi connectivity index (χ1) is 12.1. The van der Waals surface area contributed by atoms with Crippen LogP contribution >= 0.6 is 22.7 Å². The van der Waals surface area contributed by atoms with Crippen molar-refractivity contribution < 1.29 is 4.79 Å². The Morgan fingerprint density at radius 3 is 2.88 bits per heavy atom. The largest absolute Gasteiger partial charge is 0.355 e. The quantitative estimate of drug-likeness (QED) is 0.639. The van der Waals surface area contributed by atoms with E-state index in [-0.39, 0.29) is 18.0 Å². The molecule has 0 aromatic carbocycles. The summed E-state index contributed by atoms with van der Waals surface area (Å²) in [5.74, 6) is -0.150. The molecule has 0 fully saturated rings. The van der Waals surface area contributed by atoms with Gasteiger partial charge in [0.2, 0.25) is 5.91 Å². The summed E-state index contributed by atoms with van der Waals surface area (Å²) in [7, 11) is 0. The van der Waals surface area contributed by atoms with Crippen LogP contribution in [0, 0.1) is 6.92 Å².